The Balaban J connectivity index is 1.96. The summed E-state index contributed by atoms with van der Waals surface area (Å²) in [6, 6.07) is 5.97. The maximum Gasteiger partial charge on any atom is 0.319 e. The fourth-order valence-corrected chi connectivity index (χ4v) is 3.08. The smallest absolute Gasteiger partial charge is 0.319 e. The molecule has 1 fully saturated rings. The molecule has 4 heteroatoms. The third-order valence-electron chi connectivity index (χ3n) is 4.00. The molecule has 0 spiro atoms. The molecule has 96 valence electrons. The molecule has 1 atom stereocenters. The van der Waals surface area contributed by atoms with Crippen molar-refractivity contribution in [1.82, 2.24) is 5.32 Å². The second-order valence-corrected chi connectivity index (χ2v) is 5.07. The number of amides is 2. The van der Waals surface area contributed by atoms with Crippen molar-refractivity contribution in [3.63, 3.8) is 0 Å². The number of rotatable bonds is 2. The van der Waals surface area contributed by atoms with Gasteiger partial charge in [-0.05, 0) is 30.4 Å². The summed E-state index contributed by atoms with van der Waals surface area (Å²) < 4.78 is 5.20. The highest BCUT2D eigenvalue weighted by atomic mass is 16.5. The van der Waals surface area contributed by atoms with E-state index in [9.17, 15) is 4.79 Å². The van der Waals surface area contributed by atoms with Crippen LogP contribution in [-0.2, 0) is 0 Å². The molecule has 0 bridgehead atoms. The van der Waals surface area contributed by atoms with E-state index < -0.39 is 0 Å². The van der Waals surface area contributed by atoms with E-state index in [-0.39, 0.29) is 12.1 Å². The first-order chi connectivity index (χ1) is 8.78. The summed E-state index contributed by atoms with van der Waals surface area (Å²) in [5.41, 5.74) is 2.07. The molecule has 1 heterocycles. The number of urea groups is 1. The van der Waals surface area contributed by atoms with Gasteiger partial charge in [-0.25, -0.2) is 4.79 Å². The van der Waals surface area contributed by atoms with Gasteiger partial charge < -0.3 is 15.4 Å². The quantitative estimate of drug-likeness (QED) is 0.842. The molecular formula is C14H18N2O2. The summed E-state index contributed by atoms with van der Waals surface area (Å²) in [4.78, 5) is 11.7. The van der Waals surface area contributed by atoms with Crippen molar-refractivity contribution in [2.75, 3.05) is 12.4 Å². The molecule has 2 aliphatic rings. The highest BCUT2D eigenvalue weighted by molar-refractivity contribution is 5.93. The molecule has 0 radical (unpaired) electrons. The van der Waals surface area contributed by atoms with Crippen molar-refractivity contribution in [2.45, 2.75) is 31.7 Å². The molecule has 1 saturated carbocycles. The number of anilines is 1. The topological polar surface area (TPSA) is 50.4 Å². The molecule has 3 rings (SSSR count). The van der Waals surface area contributed by atoms with Crippen LogP contribution in [0.15, 0.2) is 18.2 Å². The van der Waals surface area contributed by atoms with Crippen molar-refractivity contribution in [2.24, 2.45) is 5.92 Å². The lowest BCUT2D eigenvalue weighted by atomic mass is 9.89. The van der Waals surface area contributed by atoms with Gasteiger partial charge in [0, 0.05) is 6.07 Å². The van der Waals surface area contributed by atoms with Crippen LogP contribution in [0, 0.1) is 5.92 Å². The second kappa shape index (κ2) is 4.52. The van der Waals surface area contributed by atoms with Crippen LogP contribution in [0.3, 0.4) is 0 Å². The predicted molar refractivity (Wildman–Crippen MR) is 69.8 cm³/mol. The fourth-order valence-electron chi connectivity index (χ4n) is 3.08. The summed E-state index contributed by atoms with van der Waals surface area (Å²) in [6.45, 7) is 0. The van der Waals surface area contributed by atoms with Gasteiger partial charge in [0.2, 0.25) is 0 Å². The summed E-state index contributed by atoms with van der Waals surface area (Å²) >= 11 is 0. The normalized spacial score (nSPS) is 23.2. The minimum absolute atomic E-state index is 0.104. The van der Waals surface area contributed by atoms with Gasteiger partial charge in [-0.1, -0.05) is 18.9 Å². The van der Waals surface area contributed by atoms with Crippen molar-refractivity contribution in [1.29, 1.82) is 0 Å². The Morgan fingerprint density at radius 1 is 1.28 bits per heavy atom. The van der Waals surface area contributed by atoms with Crippen LogP contribution in [0.4, 0.5) is 10.5 Å². The second-order valence-electron chi connectivity index (χ2n) is 5.07. The maximum absolute atomic E-state index is 11.7. The van der Waals surface area contributed by atoms with Crippen molar-refractivity contribution < 1.29 is 9.53 Å². The molecule has 1 aromatic rings. The number of fused-ring (bicyclic) bond motifs is 1. The number of benzene rings is 1. The molecule has 0 saturated heterocycles. The standard InChI is InChI=1S/C14H18N2O2/c1-18-10-6-7-11-12(8-10)15-14(17)16-13(11)9-4-2-3-5-9/h6-9,13H,2-5H2,1H3,(H2,15,16,17). The zero-order valence-corrected chi connectivity index (χ0v) is 10.5. The Hall–Kier alpha value is -1.71. The molecule has 4 nitrogen and oxygen atoms in total. The average molecular weight is 246 g/mol. The molecule has 1 aliphatic heterocycles. The van der Waals surface area contributed by atoms with Gasteiger partial charge >= 0.3 is 6.03 Å². The zero-order chi connectivity index (χ0) is 12.5. The first-order valence-corrected chi connectivity index (χ1v) is 6.53. The minimum atomic E-state index is -0.104. The number of nitrogens with one attached hydrogen (secondary N) is 2. The SMILES string of the molecule is COc1ccc2c(c1)NC(=O)NC2C1CCCC1. The number of ether oxygens (including phenoxy) is 1. The maximum atomic E-state index is 11.7. The van der Waals surface area contributed by atoms with E-state index >= 15 is 0 Å². The van der Waals surface area contributed by atoms with Gasteiger partial charge in [0.05, 0.1) is 18.8 Å². The summed E-state index contributed by atoms with van der Waals surface area (Å²) in [5.74, 6) is 1.35. The van der Waals surface area contributed by atoms with Crippen LogP contribution >= 0.6 is 0 Å². The van der Waals surface area contributed by atoms with Gasteiger partial charge in [-0.15, -0.1) is 0 Å². The number of hydrogen-bond donors (Lipinski definition) is 2. The van der Waals surface area contributed by atoms with Crippen LogP contribution in [0.5, 0.6) is 5.75 Å². The van der Waals surface area contributed by atoms with Gasteiger partial charge in [-0.3, -0.25) is 0 Å². The Labute approximate surface area is 107 Å². The first kappa shape index (κ1) is 11.4. The zero-order valence-electron chi connectivity index (χ0n) is 10.5. The molecule has 1 aromatic carbocycles. The van der Waals surface area contributed by atoms with Crippen LogP contribution < -0.4 is 15.4 Å². The summed E-state index contributed by atoms with van der Waals surface area (Å²) in [7, 11) is 1.64. The molecule has 18 heavy (non-hydrogen) atoms. The predicted octanol–water partition coefficient (Wildman–Crippen LogP) is 3.06. The summed E-state index contributed by atoms with van der Waals surface area (Å²) in [6.07, 6.45) is 4.96. The third-order valence-corrected chi connectivity index (χ3v) is 4.00. The Morgan fingerprint density at radius 3 is 2.78 bits per heavy atom. The lowest BCUT2D eigenvalue weighted by molar-refractivity contribution is 0.240. The number of methoxy groups -OCH3 is 1. The molecule has 1 unspecified atom stereocenters. The van der Waals surface area contributed by atoms with Crippen molar-refractivity contribution >= 4 is 11.7 Å². The van der Waals surface area contributed by atoms with E-state index in [0.717, 1.165) is 11.4 Å². The fraction of sp³-hybridized carbons (Fsp3) is 0.500. The van der Waals surface area contributed by atoms with Crippen LogP contribution in [-0.4, -0.2) is 13.1 Å². The molecule has 2 N–H and O–H groups in total. The van der Waals surface area contributed by atoms with Crippen LogP contribution in [0.25, 0.3) is 0 Å². The molecular weight excluding hydrogens is 228 g/mol. The Kier molecular flexibility index (Phi) is 2.86. The van der Waals surface area contributed by atoms with Gasteiger partial charge in [-0.2, -0.15) is 0 Å². The number of carbonyl (C=O) groups excluding carboxylic acids is 1. The van der Waals surface area contributed by atoms with Gasteiger partial charge in [0.1, 0.15) is 5.75 Å². The van der Waals surface area contributed by atoms with Gasteiger partial charge in [0.15, 0.2) is 0 Å². The van der Waals surface area contributed by atoms with Crippen molar-refractivity contribution in [3.05, 3.63) is 23.8 Å². The van der Waals surface area contributed by atoms with Gasteiger partial charge in [0.25, 0.3) is 0 Å². The molecule has 1 aliphatic carbocycles. The van der Waals surface area contributed by atoms with E-state index in [1.54, 1.807) is 7.11 Å². The van der Waals surface area contributed by atoms with E-state index in [4.69, 9.17) is 4.74 Å². The van der Waals surface area contributed by atoms with E-state index in [1.165, 1.54) is 31.2 Å². The minimum Gasteiger partial charge on any atom is -0.497 e. The summed E-state index contributed by atoms with van der Waals surface area (Å²) in [5, 5.41) is 5.92. The molecule has 0 aromatic heterocycles. The Morgan fingerprint density at radius 2 is 2.06 bits per heavy atom. The largest absolute Gasteiger partial charge is 0.497 e. The van der Waals surface area contributed by atoms with Crippen molar-refractivity contribution in [3.8, 4) is 5.75 Å². The van der Waals surface area contributed by atoms with Crippen LogP contribution in [0.2, 0.25) is 0 Å². The monoisotopic (exact) mass is 246 g/mol. The van der Waals surface area contributed by atoms with E-state index in [2.05, 4.69) is 16.7 Å². The molecule has 2 amide bonds. The lowest BCUT2D eigenvalue weighted by Crippen LogP contribution is -2.40. The van der Waals surface area contributed by atoms with Crippen LogP contribution in [0.1, 0.15) is 37.3 Å². The first-order valence-electron chi connectivity index (χ1n) is 6.53. The Bertz CT molecular complexity index is 467. The average Bonchev–Trinajstić information content (AvgIpc) is 2.90. The number of carbonyl (C=O) groups is 1. The van der Waals surface area contributed by atoms with E-state index in [0.29, 0.717) is 5.92 Å². The third kappa shape index (κ3) is 1.92. The number of hydrogen-bond acceptors (Lipinski definition) is 2. The highest BCUT2D eigenvalue weighted by Crippen LogP contribution is 2.40. The lowest BCUT2D eigenvalue weighted by Gasteiger charge is -2.31. The highest BCUT2D eigenvalue weighted by Gasteiger charge is 2.32. The van der Waals surface area contributed by atoms with E-state index in [1.807, 2.05) is 12.1 Å².